The van der Waals surface area contributed by atoms with E-state index in [-0.39, 0.29) is 0 Å². The number of methoxy groups -OCH3 is 1. The van der Waals surface area contributed by atoms with Gasteiger partial charge < -0.3 is 15.4 Å². The van der Waals surface area contributed by atoms with E-state index >= 15 is 0 Å². The van der Waals surface area contributed by atoms with Crippen LogP contribution in [0.1, 0.15) is 11.3 Å². The van der Waals surface area contributed by atoms with Gasteiger partial charge in [-0.05, 0) is 19.4 Å². The maximum atomic E-state index is 5.03. The zero-order valence-corrected chi connectivity index (χ0v) is 11.7. The fraction of sp³-hybridized carbons (Fsp3) is 0.500. The molecule has 0 aliphatic rings. The van der Waals surface area contributed by atoms with Crippen LogP contribution in [0, 0.1) is 6.92 Å². The highest BCUT2D eigenvalue weighted by atomic mass is 32.1. The van der Waals surface area contributed by atoms with Crippen molar-refractivity contribution >= 4 is 33.3 Å². The first-order valence-corrected chi connectivity index (χ1v) is 6.75. The molecule has 98 valence electrons. The maximum Gasteiger partial charge on any atom is 0.225 e. The summed E-state index contributed by atoms with van der Waals surface area (Å²) in [5.74, 6) is 1.54. The van der Waals surface area contributed by atoms with Crippen LogP contribution in [0.3, 0.4) is 0 Å². The van der Waals surface area contributed by atoms with Crippen LogP contribution in [-0.2, 0) is 4.74 Å². The molecule has 18 heavy (non-hydrogen) atoms. The first kappa shape index (κ1) is 13.0. The van der Waals surface area contributed by atoms with Crippen molar-refractivity contribution in [3.05, 3.63) is 10.9 Å². The summed E-state index contributed by atoms with van der Waals surface area (Å²) < 4.78 is 5.03. The van der Waals surface area contributed by atoms with E-state index in [1.807, 2.05) is 7.05 Å². The number of anilines is 2. The van der Waals surface area contributed by atoms with Crippen molar-refractivity contribution in [1.29, 1.82) is 0 Å². The Labute approximate surface area is 111 Å². The Bertz CT molecular complexity index is 526. The highest BCUT2D eigenvalue weighted by Crippen LogP contribution is 2.29. The average Bonchev–Trinajstić information content (AvgIpc) is 2.74. The predicted octanol–water partition coefficient (Wildman–Crippen LogP) is 2.49. The number of hydrogen-bond donors (Lipinski definition) is 2. The third-order valence-corrected chi connectivity index (χ3v) is 3.50. The molecule has 0 bridgehead atoms. The lowest BCUT2D eigenvalue weighted by atomic mass is 10.3. The van der Waals surface area contributed by atoms with Crippen LogP contribution in [0.5, 0.6) is 0 Å². The van der Waals surface area contributed by atoms with Crippen molar-refractivity contribution in [1.82, 2.24) is 9.97 Å². The van der Waals surface area contributed by atoms with Gasteiger partial charge in [-0.3, -0.25) is 0 Å². The Balaban J connectivity index is 2.23. The zero-order valence-electron chi connectivity index (χ0n) is 10.9. The number of nitrogens with zero attached hydrogens (tertiary/aromatic N) is 2. The predicted molar refractivity (Wildman–Crippen MR) is 76.7 cm³/mol. The van der Waals surface area contributed by atoms with Gasteiger partial charge in [-0.25, -0.2) is 4.98 Å². The van der Waals surface area contributed by atoms with Gasteiger partial charge in [0.15, 0.2) is 0 Å². The van der Waals surface area contributed by atoms with Crippen molar-refractivity contribution in [2.45, 2.75) is 13.3 Å². The van der Waals surface area contributed by atoms with Crippen molar-refractivity contribution < 1.29 is 4.74 Å². The number of hydrogen-bond acceptors (Lipinski definition) is 6. The molecule has 0 spiro atoms. The average molecular weight is 266 g/mol. The fourth-order valence-corrected chi connectivity index (χ4v) is 2.59. The Morgan fingerprint density at radius 3 is 2.94 bits per heavy atom. The zero-order chi connectivity index (χ0) is 13.0. The quantitative estimate of drug-likeness (QED) is 0.787. The molecule has 2 aromatic rings. The van der Waals surface area contributed by atoms with E-state index in [2.05, 4.69) is 33.6 Å². The molecule has 0 aromatic carbocycles. The van der Waals surface area contributed by atoms with Crippen molar-refractivity contribution in [3.63, 3.8) is 0 Å². The van der Waals surface area contributed by atoms with E-state index in [0.717, 1.165) is 35.6 Å². The number of thiophene rings is 1. The van der Waals surface area contributed by atoms with Gasteiger partial charge in [0, 0.05) is 32.2 Å². The molecule has 0 aliphatic carbocycles. The molecule has 2 N–H and O–H groups in total. The van der Waals surface area contributed by atoms with E-state index in [1.54, 1.807) is 18.4 Å². The van der Waals surface area contributed by atoms with Crippen molar-refractivity contribution in [2.75, 3.05) is 37.9 Å². The third kappa shape index (κ3) is 2.88. The third-order valence-electron chi connectivity index (χ3n) is 2.56. The van der Waals surface area contributed by atoms with Crippen LogP contribution in [0.4, 0.5) is 11.8 Å². The van der Waals surface area contributed by atoms with Crippen LogP contribution in [-0.4, -0.2) is 37.3 Å². The standard InChI is InChI=1S/C12H18N4OS/c1-8-7-9-10(14-5-4-6-17-3)15-12(13-2)16-11(9)18-8/h7H,4-6H2,1-3H3,(H2,13,14,15,16). The molecular weight excluding hydrogens is 248 g/mol. The van der Waals surface area contributed by atoms with E-state index in [1.165, 1.54) is 4.88 Å². The van der Waals surface area contributed by atoms with Crippen LogP contribution in [0.2, 0.25) is 0 Å². The smallest absolute Gasteiger partial charge is 0.225 e. The lowest BCUT2D eigenvalue weighted by Gasteiger charge is -2.08. The monoisotopic (exact) mass is 266 g/mol. The number of nitrogens with one attached hydrogen (secondary N) is 2. The van der Waals surface area contributed by atoms with Gasteiger partial charge in [0.25, 0.3) is 0 Å². The van der Waals surface area contributed by atoms with Crippen LogP contribution in [0.15, 0.2) is 6.07 Å². The molecule has 0 radical (unpaired) electrons. The highest BCUT2D eigenvalue weighted by Gasteiger charge is 2.09. The molecule has 0 saturated carbocycles. The lowest BCUT2D eigenvalue weighted by Crippen LogP contribution is -2.08. The topological polar surface area (TPSA) is 59.1 Å². The molecule has 2 aromatic heterocycles. The molecule has 2 heterocycles. The van der Waals surface area contributed by atoms with E-state index in [0.29, 0.717) is 5.95 Å². The van der Waals surface area contributed by atoms with Gasteiger partial charge in [0.1, 0.15) is 10.6 Å². The molecule has 0 unspecified atom stereocenters. The summed E-state index contributed by atoms with van der Waals surface area (Å²) in [5.41, 5.74) is 0. The Kier molecular flexibility index (Phi) is 4.33. The summed E-state index contributed by atoms with van der Waals surface area (Å²) in [4.78, 5) is 11.2. The summed E-state index contributed by atoms with van der Waals surface area (Å²) >= 11 is 1.68. The number of aryl methyl sites for hydroxylation is 1. The number of aromatic nitrogens is 2. The minimum absolute atomic E-state index is 0.651. The maximum absolute atomic E-state index is 5.03. The minimum Gasteiger partial charge on any atom is -0.385 e. The second-order valence-electron chi connectivity index (χ2n) is 3.99. The van der Waals surface area contributed by atoms with Crippen molar-refractivity contribution in [3.8, 4) is 0 Å². The molecular formula is C12H18N4OS. The molecule has 0 saturated heterocycles. The SMILES string of the molecule is CNc1nc(NCCCOC)c2cc(C)sc2n1. The highest BCUT2D eigenvalue weighted by molar-refractivity contribution is 7.18. The summed E-state index contributed by atoms with van der Waals surface area (Å²) in [6, 6.07) is 2.12. The Morgan fingerprint density at radius 1 is 1.39 bits per heavy atom. The van der Waals surface area contributed by atoms with Crippen molar-refractivity contribution in [2.24, 2.45) is 0 Å². The molecule has 2 rings (SSSR count). The summed E-state index contributed by atoms with van der Waals surface area (Å²) in [5, 5.41) is 7.43. The lowest BCUT2D eigenvalue weighted by molar-refractivity contribution is 0.198. The largest absolute Gasteiger partial charge is 0.385 e. The van der Waals surface area contributed by atoms with E-state index in [9.17, 15) is 0 Å². The molecule has 0 fully saturated rings. The van der Waals surface area contributed by atoms with Gasteiger partial charge in [-0.2, -0.15) is 4.98 Å². The Morgan fingerprint density at radius 2 is 2.22 bits per heavy atom. The van der Waals surface area contributed by atoms with Crippen LogP contribution >= 0.6 is 11.3 Å². The summed E-state index contributed by atoms with van der Waals surface area (Å²) in [6.07, 6.45) is 0.958. The number of ether oxygens (including phenoxy) is 1. The van der Waals surface area contributed by atoms with Gasteiger partial charge in [0.2, 0.25) is 5.95 Å². The Hall–Kier alpha value is -1.40. The van der Waals surface area contributed by atoms with Gasteiger partial charge >= 0.3 is 0 Å². The van der Waals surface area contributed by atoms with E-state index in [4.69, 9.17) is 4.74 Å². The number of rotatable bonds is 6. The fourth-order valence-electron chi connectivity index (χ4n) is 1.71. The molecule has 0 amide bonds. The number of fused-ring (bicyclic) bond motifs is 1. The minimum atomic E-state index is 0.651. The first-order chi connectivity index (χ1) is 8.74. The van der Waals surface area contributed by atoms with Crippen LogP contribution < -0.4 is 10.6 Å². The summed E-state index contributed by atoms with van der Waals surface area (Å²) in [6.45, 7) is 3.68. The molecule has 0 atom stereocenters. The summed E-state index contributed by atoms with van der Waals surface area (Å²) in [7, 11) is 3.54. The van der Waals surface area contributed by atoms with E-state index < -0.39 is 0 Å². The molecule has 0 aliphatic heterocycles. The van der Waals surface area contributed by atoms with Crippen LogP contribution in [0.25, 0.3) is 10.2 Å². The molecule has 5 nitrogen and oxygen atoms in total. The normalized spacial score (nSPS) is 10.8. The van der Waals surface area contributed by atoms with Gasteiger partial charge in [-0.15, -0.1) is 11.3 Å². The molecule has 6 heteroatoms. The van der Waals surface area contributed by atoms with Gasteiger partial charge in [0.05, 0.1) is 5.39 Å². The second kappa shape index (κ2) is 5.97. The van der Waals surface area contributed by atoms with Gasteiger partial charge in [-0.1, -0.05) is 0 Å². The second-order valence-corrected chi connectivity index (χ2v) is 5.23. The first-order valence-electron chi connectivity index (χ1n) is 5.93.